The third-order valence-corrected chi connectivity index (χ3v) is 5.35. The minimum Gasteiger partial charge on any atom is -0.456 e. The van der Waals surface area contributed by atoms with Gasteiger partial charge < -0.3 is 9.73 Å². The van der Waals surface area contributed by atoms with Gasteiger partial charge in [-0.05, 0) is 35.9 Å². The van der Waals surface area contributed by atoms with Crippen LogP contribution in [0.15, 0.2) is 71.1 Å². The molecule has 2 heterocycles. The summed E-state index contributed by atoms with van der Waals surface area (Å²) in [6.07, 6.45) is 0.545. The summed E-state index contributed by atoms with van der Waals surface area (Å²) in [5, 5.41) is 4.92. The molecule has 0 spiro atoms. The van der Waals surface area contributed by atoms with Crippen molar-refractivity contribution >= 4 is 45.3 Å². The van der Waals surface area contributed by atoms with Crippen LogP contribution in [0.25, 0.3) is 21.9 Å². The lowest BCUT2D eigenvalue weighted by atomic mass is 10.1. The number of fused-ring (bicyclic) bond motifs is 3. The second-order valence-electron chi connectivity index (χ2n) is 7.33. The molecule has 6 nitrogen and oxygen atoms in total. The average Bonchev–Trinajstić information content (AvgIpc) is 3.28. The van der Waals surface area contributed by atoms with E-state index in [0.29, 0.717) is 16.8 Å². The molecule has 0 aliphatic carbocycles. The predicted octanol–water partition coefficient (Wildman–Crippen LogP) is 4.49. The first-order valence-electron chi connectivity index (χ1n) is 9.73. The summed E-state index contributed by atoms with van der Waals surface area (Å²) in [7, 11) is 0. The fourth-order valence-corrected chi connectivity index (χ4v) is 3.75. The van der Waals surface area contributed by atoms with Gasteiger partial charge in [-0.25, -0.2) is 0 Å². The van der Waals surface area contributed by atoms with Crippen molar-refractivity contribution in [1.29, 1.82) is 0 Å². The Morgan fingerprint density at radius 2 is 1.57 bits per heavy atom. The number of hydrogen-bond donors (Lipinski definition) is 1. The standard InChI is InChI=1S/C24H18N2O4/c27-22-11-12-23(28)26(22)14-15-5-7-16(8-6-15)24(29)25-17-9-10-19-18-3-1-2-4-20(18)30-21(19)13-17/h1-10,13H,11-12,14H2,(H,25,29). The molecule has 1 saturated heterocycles. The molecule has 148 valence electrons. The maximum atomic E-state index is 12.6. The number of carbonyl (C=O) groups is 3. The van der Waals surface area contributed by atoms with Gasteiger partial charge in [-0.2, -0.15) is 0 Å². The second-order valence-corrected chi connectivity index (χ2v) is 7.33. The van der Waals surface area contributed by atoms with E-state index in [0.717, 1.165) is 21.9 Å². The number of hydrogen-bond acceptors (Lipinski definition) is 4. The number of imide groups is 1. The first-order valence-corrected chi connectivity index (χ1v) is 9.73. The molecule has 5 rings (SSSR count). The van der Waals surface area contributed by atoms with E-state index in [1.54, 1.807) is 24.3 Å². The number of furan rings is 1. The lowest BCUT2D eigenvalue weighted by Crippen LogP contribution is -2.28. The molecular formula is C24H18N2O4. The number of para-hydroxylation sites is 1. The summed E-state index contributed by atoms with van der Waals surface area (Å²) >= 11 is 0. The van der Waals surface area contributed by atoms with Crippen LogP contribution in [0.5, 0.6) is 0 Å². The molecule has 0 saturated carbocycles. The number of carbonyl (C=O) groups excluding carboxylic acids is 3. The maximum absolute atomic E-state index is 12.6. The van der Waals surface area contributed by atoms with Gasteiger partial charge in [0.15, 0.2) is 0 Å². The average molecular weight is 398 g/mol. The Kier molecular flexibility index (Phi) is 4.32. The fourth-order valence-electron chi connectivity index (χ4n) is 3.75. The highest BCUT2D eigenvalue weighted by molar-refractivity contribution is 6.08. The molecule has 1 aliphatic rings. The number of benzene rings is 3. The van der Waals surface area contributed by atoms with Crippen LogP contribution >= 0.6 is 0 Å². The smallest absolute Gasteiger partial charge is 0.255 e. The van der Waals surface area contributed by atoms with Gasteiger partial charge in [0.05, 0.1) is 6.54 Å². The Morgan fingerprint density at radius 3 is 2.33 bits per heavy atom. The lowest BCUT2D eigenvalue weighted by Gasteiger charge is -2.14. The van der Waals surface area contributed by atoms with Gasteiger partial charge in [0.25, 0.3) is 5.91 Å². The van der Waals surface area contributed by atoms with Crippen LogP contribution in [-0.4, -0.2) is 22.6 Å². The third kappa shape index (κ3) is 3.22. The predicted molar refractivity (Wildman–Crippen MR) is 113 cm³/mol. The molecule has 3 amide bonds. The Morgan fingerprint density at radius 1 is 0.867 bits per heavy atom. The van der Waals surface area contributed by atoms with Gasteiger partial charge in [0.2, 0.25) is 11.8 Å². The van der Waals surface area contributed by atoms with E-state index in [1.807, 2.05) is 42.5 Å². The second kappa shape index (κ2) is 7.15. The molecule has 6 heteroatoms. The van der Waals surface area contributed by atoms with Gasteiger partial charge >= 0.3 is 0 Å². The molecule has 1 fully saturated rings. The number of anilines is 1. The van der Waals surface area contributed by atoms with Crippen LogP contribution in [0.3, 0.4) is 0 Å². The molecule has 0 unspecified atom stereocenters. The van der Waals surface area contributed by atoms with E-state index in [4.69, 9.17) is 4.42 Å². The minimum absolute atomic E-state index is 0.150. The van der Waals surface area contributed by atoms with Crippen molar-refractivity contribution in [3.63, 3.8) is 0 Å². The SMILES string of the molecule is O=C(Nc1ccc2c(c1)oc1ccccc12)c1ccc(CN2C(=O)CCC2=O)cc1. The first-order chi connectivity index (χ1) is 14.6. The summed E-state index contributed by atoms with van der Waals surface area (Å²) in [4.78, 5) is 37.4. The highest BCUT2D eigenvalue weighted by Crippen LogP contribution is 2.30. The van der Waals surface area contributed by atoms with Crippen molar-refractivity contribution < 1.29 is 18.8 Å². The van der Waals surface area contributed by atoms with Crippen molar-refractivity contribution in [1.82, 2.24) is 4.90 Å². The van der Waals surface area contributed by atoms with Crippen LogP contribution in [0, 0.1) is 0 Å². The Labute approximate surface area is 172 Å². The van der Waals surface area contributed by atoms with Gasteiger partial charge in [-0.15, -0.1) is 0 Å². The number of nitrogens with one attached hydrogen (secondary N) is 1. The van der Waals surface area contributed by atoms with E-state index >= 15 is 0 Å². The first kappa shape index (κ1) is 18.1. The van der Waals surface area contributed by atoms with Crippen molar-refractivity contribution in [3.8, 4) is 0 Å². The Balaban J connectivity index is 1.32. The van der Waals surface area contributed by atoms with E-state index in [-0.39, 0.29) is 37.1 Å². The van der Waals surface area contributed by atoms with E-state index < -0.39 is 0 Å². The van der Waals surface area contributed by atoms with Crippen LogP contribution < -0.4 is 5.32 Å². The number of rotatable bonds is 4. The molecule has 1 N–H and O–H groups in total. The number of nitrogens with zero attached hydrogens (tertiary/aromatic N) is 1. The number of amides is 3. The van der Waals surface area contributed by atoms with Gasteiger partial charge in [0, 0.05) is 40.9 Å². The summed E-state index contributed by atoms with van der Waals surface area (Å²) in [5.41, 5.74) is 3.45. The molecular weight excluding hydrogens is 380 g/mol. The van der Waals surface area contributed by atoms with Crippen LogP contribution in [0.2, 0.25) is 0 Å². The Bertz CT molecular complexity index is 1290. The van der Waals surface area contributed by atoms with Crippen LogP contribution in [-0.2, 0) is 16.1 Å². The lowest BCUT2D eigenvalue weighted by molar-refractivity contribution is -0.139. The molecule has 0 radical (unpaired) electrons. The number of likely N-dealkylation sites (tertiary alicyclic amines) is 1. The summed E-state index contributed by atoms with van der Waals surface area (Å²) in [6, 6.07) is 20.3. The van der Waals surface area contributed by atoms with Gasteiger partial charge in [0.1, 0.15) is 11.2 Å². The molecule has 0 bridgehead atoms. The highest BCUT2D eigenvalue weighted by Gasteiger charge is 2.28. The zero-order valence-electron chi connectivity index (χ0n) is 16.1. The third-order valence-electron chi connectivity index (χ3n) is 5.35. The largest absolute Gasteiger partial charge is 0.456 e. The summed E-state index contributed by atoms with van der Waals surface area (Å²) in [6.45, 7) is 0.238. The van der Waals surface area contributed by atoms with Crippen molar-refractivity contribution in [2.45, 2.75) is 19.4 Å². The van der Waals surface area contributed by atoms with Gasteiger partial charge in [-0.1, -0.05) is 30.3 Å². The molecule has 30 heavy (non-hydrogen) atoms. The van der Waals surface area contributed by atoms with E-state index in [1.165, 1.54) is 4.90 Å². The normalized spacial score (nSPS) is 14.1. The van der Waals surface area contributed by atoms with Crippen molar-refractivity contribution in [2.24, 2.45) is 0 Å². The van der Waals surface area contributed by atoms with E-state index in [2.05, 4.69) is 5.32 Å². The minimum atomic E-state index is -0.245. The zero-order valence-corrected chi connectivity index (χ0v) is 16.1. The summed E-state index contributed by atoms with van der Waals surface area (Å²) < 4.78 is 5.87. The molecule has 0 atom stereocenters. The zero-order chi connectivity index (χ0) is 20.7. The van der Waals surface area contributed by atoms with Gasteiger partial charge in [-0.3, -0.25) is 19.3 Å². The monoisotopic (exact) mass is 398 g/mol. The van der Waals surface area contributed by atoms with E-state index in [9.17, 15) is 14.4 Å². The molecule has 1 aromatic heterocycles. The highest BCUT2D eigenvalue weighted by atomic mass is 16.3. The fraction of sp³-hybridized carbons (Fsp3) is 0.125. The molecule has 4 aromatic rings. The quantitative estimate of drug-likeness (QED) is 0.514. The topological polar surface area (TPSA) is 79.6 Å². The van der Waals surface area contributed by atoms with Crippen LogP contribution in [0.1, 0.15) is 28.8 Å². The Hall–Kier alpha value is -3.93. The maximum Gasteiger partial charge on any atom is 0.255 e. The molecule has 1 aliphatic heterocycles. The van der Waals surface area contributed by atoms with Crippen molar-refractivity contribution in [2.75, 3.05) is 5.32 Å². The van der Waals surface area contributed by atoms with Crippen LogP contribution in [0.4, 0.5) is 5.69 Å². The molecule has 3 aromatic carbocycles. The summed E-state index contributed by atoms with van der Waals surface area (Å²) in [5.74, 6) is -0.545. The van der Waals surface area contributed by atoms with Crippen molar-refractivity contribution in [3.05, 3.63) is 77.9 Å².